The molecule has 2 aliphatic heterocycles. The molecule has 0 bridgehead atoms. The Morgan fingerprint density at radius 3 is 1.83 bits per heavy atom. The molecule has 0 aliphatic carbocycles. The van der Waals surface area contributed by atoms with Gasteiger partial charge in [0, 0.05) is 6.07 Å². The number of carbonyl (C=O) groups excluding carboxylic acids is 1. The zero-order valence-electron chi connectivity index (χ0n) is 21.8. The highest BCUT2D eigenvalue weighted by molar-refractivity contribution is 6.08. The van der Waals surface area contributed by atoms with Crippen LogP contribution in [-0.2, 0) is 9.47 Å². The molecule has 2 aromatic carbocycles. The number of allylic oxidation sites excluding steroid dienone is 1. The van der Waals surface area contributed by atoms with Gasteiger partial charge in [0.25, 0.3) is 0 Å². The summed E-state index contributed by atoms with van der Waals surface area (Å²) in [6.07, 6.45) is -12.9. The summed E-state index contributed by atoms with van der Waals surface area (Å²) in [4.78, 5) is 12.8. The second-order valence-corrected chi connectivity index (χ2v) is 9.73. The smallest absolute Gasteiger partial charge is 0.229 e. The van der Waals surface area contributed by atoms with E-state index in [0.29, 0.717) is 5.56 Å². The van der Waals surface area contributed by atoms with Gasteiger partial charge in [-0.3, -0.25) is 4.79 Å². The fourth-order valence-electron chi connectivity index (χ4n) is 4.37. The molecule has 2 aliphatic rings. The number of rotatable bonds is 9. The van der Waals surface area contributed by atoms with Gasteiger partial charge in [-0.25, -0.2) is 0 Å². The molecule has 230 valence electrons. The van der Waals surface area contributed by atoms with Crippen LogP contribution in [0.5, 0.6) is 23.0 Å². The Labute approximate surface area is 238 Å². The largest absolute Gasteiger partial charge is 0.507 e. The summed E-state index contributed by atoms with van der Waals surface area (Å²) in [6, 6.07) is 7.52. The zero-order chi connectivity index (χ0) is 30.7. The van der Waals surface area contributed by atoms with Crippen molar-refractivity contribution in [1.82, 2.24) is 0 Å². The lowest BCUT2D eigenvalue weighted by Gasteiger charge is -2.39. The van der Waals surface area contributed by atoms with E-state index < -0.39 is 86.2 Å². The standard InChI is InChI=1S/C27H32O15/c28-9-18-20(33)22(35)24(37)26(41-18)39-12-3-4-13(16(32)8-12)14(30)5-1-11-2-6-15(31)17(7-11)40-27-25(38)23(36)21(34)19(10-29)42-27/h1-8,18-29,31-38H,9-10H2/b5-1+/t18-,19+,20-,21+,22+,23-,24-,25+,26-,27+/m1/s1. The van der Waals surface area contributed by atoms with Crippen molar-refractivity contribution in [2.45, 2.75) is 61.4 Å². The first-order valence-electron chi connectivity index (χ1n) is 12.8. The van der Waals surface area contributed by atoms with E-state index in [4.69, 9.17) is 18.9 Å². The molecule has 2 fully saturated rings. The Kier molecular flexibility index (Phi) is 10.0. The number of ether oxygens (including phenoxy) is 4. The maximum atomic E-state index is 12.8. The van der Waals surface area contributed by atoms with Crippen LogP contribution in [0.4, 0.5) is 0 Å². The van der Waals surface area contributed by atoms with E-state index in [1.165, 1.54) is 36.4 Å². The Bertz CT molecular complexity index is 1260. The number of carbonyl (C=O) groups is 1. The molecule has 15 nitrogen and oxygen atoms in total. The number of phenols is 2. The average Bonchev–Trinajstić information content (AvgIpc) is 2.97. The molecule has 0 spiro atoms. The molecule has 0 unspecified atom stereocenters. The lowest BCUT2D eigenvalue weighted by atomic mass is 9.99. The van der Waals surface area contributed by atoms with Gasteiger partial charge >= 0.3 is 0 Å². The summed E-state index contributed by atoms with van der Waals surface area (Å²) in [5, 5.41) is 99.1. The van der Waals surface area contributed by atoms with Gasteiger partial charge in [0.2, 0.25) is 12.6 Å². The third kappa shape index (κ3) is 6.66. The van der Waals surface area contributed by atoms with Crippen LogP contribution < -0.4 is 9.47 Å². The summed E-state index contributed by atoms with van der Waals surface area (Å²) >= 11 is 0. The van der Waals surface area contributed by atoms with Crippen LogP contribution >= 0.6 is 0 Å². The van der Waals surface area contributed by atoms with E-state index in [1.54, 1.807) is 0 Å². The highest BCUT2D eigenvalue weighted by atomic mass is 16.7. The highest BCUT2D eigenvalue weighted by Gasteiger charge is 2.46. The number of aromatic hydroxyl groups is 2. The first kappa shape index (κ1) is 31.6. The maximum Gasteiger partial charge on any atom is 0.229 e. The summed E-state index contributed by atoms with van der Waals surface area (Å²) in [5.41, 5.74) is 0.201. The summed E-state index contributed by atoms with van der Waals surface area (Å²) in [7, 11) is 0. The number of ketones is 1. The van der Waals surface area contributed by atoms with Crippen LogP contribution in [0.25, 0.3) is 6.08 Å². The minimum atomic E-state index is -1.71. The van der Waals surface area contributed by atoms with Crippen molar-refractivity contribution in [2.75, 3.05) is 13.2 Å². The van der Waals surface area contributed by atoms with Gasteiger partial charge in [-0.2, -0.15) is 0 Å². The van der Waals surface area contributed by atoms with E-state index in [-0.39, 0.29) is 22.8 Å². The van der Waals surface area contributed by atoms with Crippen LogP contribution in [0.3, 0.4) is 0 Å². The Morgan fingerprint density at radius 1 is 0.714 bits per heavy atom. The van der Waals surface area contributed by atoms with Gasteiger partial charge < -0.3 is 70.0 Å². The molecular weight excluding hydrogens is 564 g/mol. The minimum absolute atomic E-state index is 0.0501. The van der Waals surface area contributed by atoms with Gasteiger partial charge in [-0.1, -0.05) is 12.1 Å². The van der Waals surface area contributed by atoms with Gasteiger partial charge in [-0.05, 0) is 35.9 Å². The minimum Gasteiger partial charge on any atom is -0.507 e. The maximum absolute atomic E-state index is 12.8. The lowest BCUT2D eigenvalue weighted by molar-refractivity contribution is -0.277. The molecule has 0 saturated carbocycles. The molecule has 2 aromatic rings. The van der Waals surface area contributed by atoms with Crippen LogP contribution in [0.2, 0.25) is 0 Å². The van der Waals surface area contributed by atoms with Crippen molar-refractivity contribution < 1.29 is 74.8 Å². The van der Waals surface area contributed by atoms with Gasteiger partial charge in [0.05, 0.1) is 18.8 Å². The van der Waals surface area contributed by atoms with Gasteiger partial charge in [-0.15, -0.1) is 0 Å². The Morgan fingerprint density at radius 2 is 1.29 bits per heavy atom. The SMILES string of the molecule is O=C(/C=C/c1ccc(O)c(O[C@H]2O[C@@H](CO)[C@H](O)[C@@H](O)[C@@H]2O)c1)c1ccc(O[C@@H]2O[C@H](CO)[C@@H](O)[C@H](O)[C@H]2O)cc1O. The van der Waals surface area contributed by atoms with Crippen LogP contribution in [0.15, 0.2) is 42.5 Å². The van der Waals surface area contributed by atoms with Crippen LogP contribution in [0.1, 0.15) is 15.9 Å². The van der Waals surface area contributed by atoms with E-state index >= 15 is 0 Å². The molecule has 0 aromatic heterocycles. The normalized spacial score (nSPS) is 33.4. The monoisotopic (exact) mass is 596 g/mol. The van der Waals surface area contributed by atoms with Crippen molar-refractivity contribution in [1.29, 1.82) is 0 Å². The highest BCUT2D eigenvalue weighted by Crippen LogP contribution is 2.32. The third-order valence-corrected chi connectivity index (χ3v) is 6.84. The average molecular weight is 597 g/mol. The summed E-state index contributed by atoms with van der Waals surface area (Å²) in [6.45, 7) is -1.33. The summed E-state index contributed by atoms with van der Waals surface area (Å²) in [5.74, 6) is -1.76. The number of hydrogen-bond acceptors (Lipinski definition) is 15. The number of hydrogen-bond donors (Lipinski definition) is 10. The first-order valence-corrected chi connectivity index (χ1v) is 12.8. The van der Waals surface area contributed by atoms with Crippen molar-refractivity contribution in [3.8, 4) is 23.0 Å². The molecule has 10 N–H and O–H groups in total. The second-order valence-electron chi connectivity index (χ2n) is 9.73. The van der Waals surface area contributed by atoms with Gasteiger partial charge in [0.15, 0.2) is 17.3 Å². The Hall–Kier alpha value is -3.35. The molecule has 0 amide bonds. The lowest BCUT2D eigenvalue weighted by Crippen LogP contribution is -2.60. The van der Waals surface area contributed by atoms with E-state index in [0.717, 1.165) is 12.1 Å². The molecule has 4 rings (SSSR count). The molecule has 15 heteroatoms. The van der Waals surface area contributed by atoms with Crippen molar-refractivity contribution in [2.24, 2.45) is 0 Å². The topological polar surface area (TPSA) is 256 Å². The predicted molar refractivity (Wildman–Crippen MR) is 138 cm³/mol. The Balaban J connectivity index is 1.43. The van der Waals surface area contributed by atoms with E-state index in [2.05, 4.69) is 0 Å². The number of phenolic OH excluding ortho intramolecular Hbond substituents is 2. The van der Waals surface area contributed by atoms with Crippen LogP contribution in [0, 0.1) is 0 Å². The second kappa shape index (κ2) is 13.3. The molecule has 10 atom stereocenters. The molecule has 42 heavy (non-hydrogen) atoms. The van der Waals surface area contributed by atoms with Crippen molar-refractivity contribution >= 4 is 11.9 Å². The molecular formula is C27H32O15. The molecule has 0 radical (unpaired) electrons. The van der Waals surface area contributed by atoms with Crippen molar-refractivity contribution in [3.05, 3.63) is 53.6 Å². The first-order chi connectivity index (χ1) is 19.9. The van der Waals surface area contributed by atoms with E-state index in [9.17, 15) is 55.9 Å². The predicted octanol–water partition coefficient (Wildman–Crippen LogP) is -2.65. The van der Waals surface area contributed by atoms with Gasteiger partial charge in [0.1, 0.15) is 60.3 Å². The number of aliphatic hydroxyl groups excluding tert-OH is 8. The molecule has 2 heterocycles. The third-order valence-electron chi connectivity index (χ3n) is 6.84. The van der Waals surface area contributed by atoms with E-state index in [1.807, 2.05) is 0 Å². The number of benzene rings is 2. The van der Waals surface area contributed by atoms with Crippen LogP contribution in [-0.4, -0.2) is 131 Å². The fraction of sp³-hybridized carbons (Fsp3) is 0.444. The van der Waals surface area contributed by atoms with Crippen molar-refractivity contribution in [3.63, 3.8) is 0 Å². The quantitative estimate of drug-likeness (QED) is 0.105. The summed E-state index contributed by atoms with van der Waals surface area (Å²) < 4.78 is 21.4. The fourth-order valence-corrected chi connectivity index (χ4v) is 4.37. The number of aliphatic hydroxyl groups is 8. The zero-order valence-corrected chi connectivity index (χ0v) is 21.8. The molecule has 2 saturated heterocycles.